The molecule has 3 aromatic heterocycles. The van der Waals surface area contributed by atoms with Crippen LogP contribution in [0.2, 0.25) is 0 Å². The highest BCUT2D eigenvalue weighted by Gasteiger charge is 2.26. The monoisotopic (exact) mass is 474 g/mol. The van der Waals surface area contributed by atoms with Crippen molar-refractivity contribution < 1.29 is 13.6 Å². The fourth-order valence-corrected chi connectivity index (χ4v) is 4.40. The number of halogens is 2. The molecule has 0 radical (unpaired) electrons. The van der Waals surface area contributed by atoms with Crippen LogP contribution in [-0.2, 0) is 4.79 Å². The molecule has 0 unspecified atom stereocenters. The second-order valence-corrected chi connectivity index (χ2v) is 8.52. The van der Waals surface area contributed by atoms with E-state index in [4.69, 9.17) is 0 Å². The number of imidazole rings is 1. The van der Waals surface area contributed by atoms with Crippen LogP contribution in [0.5, 0.6) is 0 Å². The molecule has 0 aliphatic carbocycles. The lowest BCUT2D eigenvalue weighted by molar-refractivity contribution is -0.120. The number of piperidine rings is 1. The SMILES string of the molecule is O=C(Nc1ccc2nc(-c3cc(F)ccc3F)[nH]c2c1)C1CCN(c2ccc3nncn3n2)CC1. The lowest BCUT2D eigenvalue weighted by Gasteiger charge is -2.32. The molecule has 4 heterocycles. The molecule has 0 bridgehead atoms. The van der Waals surface area contributed by atoms with Crippen LogP contribution in [0.15, 0.2) is 54.9 Å². The van der Waals surface area contributed by atoms with Crippen molar-refractivity contribution in [2.24, 2.45) is 5.92 Å². The summed E-state index contributed by atoms with van der Waals surface area (Å²) in [4.78, 5) is 22.4. The van der Waals surface area contributed by atoms with Crippen molar-refractivity contribution in [3.05, 3.63) is 66.5 Å². The zero-order valence-corrected chi connectivity index (χ0v) is 18.4. The average molecular weight is 474 g/mol. The normalized spacial score (nSPS) is 14.6. The summed E-state index contributed by atoms with van der Waals surface area (Å²) >= 11 is 0. The van der Waals surface area contributed by atoms with Gasteiger partial charge in [-0.2, -0.15) is 4.52 Å². The van der Waals surface area contributed by atoms with Crippen molar-refractivity contribution in [2.45, 2.75) is 12.8 Å². The van der Waals surface area contributed by atoms with Crippen LogP contribution >= 0.6 is 0 Å². The second-order valence-electron chi connectivity index (χ2n) is 8.52. The number of nitrogens with zero attached hydrogens (tertiary/aromatic N) is 6. The largest absolute Gasteiger partial charge is 0.355 e. The van der Waals surface area contributed by atoms with Crippen LogP contribution < -0.4 is 10.2 Å². The van der Waals surface area contributed by atoms with Gasteiger partial charge in [-0.3, -0.25) is 4.79 Å². The van der Waals surface area contributed by atoms with Gasteiger partial charge in [0.25, 0.3) is 0 Å². The Balaban J connectivity index is 1.13. The topological polar surface area (TPSA) is 104 Å². The minimum atomic E-state index is -0.567. The quantitative estimate of drug-likeness (QED) is 0.411. The molecule has 0 atom stereocenters. The summed E-state index contributed by atoms with van der Waals surface area (Å²) in [7, 11) is 0. The smallest absolute Gasteiger partial charge is 0.227 e. The summed E-state index contributed by atoms with van der Waals surface area (Å²) < 4.78 is 29.3. The number of anilines is 2. The maximum atomic E-state index is 14.1. The molecule has 1 fully saturated rings. The molecule has 1 aliphatic heterocycles. The first-order valence-electron chi connectivity index (χ1n) is 11.2. The molecule has 0 saturated carbocycles. The van der Waals surface area contributed by atoms with E-state index in [1.807, 2.05) is 12.1 Å². The number of carbonyl (C=O) groups is 1. The van der Waals surface area contributed by atoms with Crippen LogP contribution in [-0.4, -0.2) is 48.8 Å². The van der Waals surface area contributed by atoms with Crippen LogP contribution in [0.25, 0.3) is 28.1 Å². The predicted octanol–water partition coefficient (Wildman–Crippen LogP) is 3.80. The minimum Gasteiger partial charge on any atom is -0.355 e. The van der Waals surface area contributed by atoms with Crippen molar-refractivity contribution >= 4 is 34.1 Å². The first kappa shape index (κ1) is 21.1. The van der Waals surface area contributed by atoms with Crippen LogP contribution in [0.3, 0.4) is 0 Å². The number of aromatic amines is 1. The van der Waals surface area contributed by atoms with E-state index in [1.165, 1.54) is 0 Å². The Kier molecular flexibility index (Phi) is 5.09. The molecule has 1 aliphatic rings. The van der Waals surface area contributed by atoms with E-state index in [-0.39, 0.29) is 23.2 Å². The Morgan fingerprint density at radius 3 is 2.77 bits per heavy atom. The highest BCUT2D eigenvalue weighted by atomic mass is 19.1. The Labute approximate surface area is 197 Å². The van der Waals surface area contributed by atoms with Gasteiger partial charge < -0.3 is 15.2 Å². The van der Waals surface area contributed by atoms with Gasteiger partial charge in [0.2, 0.25) is 5.91 Å². The first-order chi connectivity index (χ1) is 17.0. The van der Waals surface area contributed by atoms with Gasteiger partial charge in [-0.25, -0.2) is 13.8 Å². The zero-order chi connectivity index (χ0) is 23.9. The Morgan fingerprint density at radius 2 is 1.91 bits per heavy atom. The Hall–Kier alpha value is -4.41. The first-order valence-corrected chi connectivity index (χ1v) is 11.2. The van der Waals surface area contributed by atoms with E-state index in [0.29, 0.717) is 48.3 Å². The van der Waals surface area contributed by atoms with Gasteiger partial charge in [-0.15, -0.1) is 15.3 Å². The van der Waals surface area contributed by atoms with E-state index in [9.17, 15) is 13.6 Å². The number of hydrogen-bond acceptors (Lipinski definition) is 6. The predicted molar refractivity (Wildman–Crippen MR) is 126 cm³/mol. The van der Waals surface area contributed by atoms with Gasteiger partial charge in [0, 0.05) is 24.7 Å². The number of nitrogens with one attached hydrogen (secondary N) is 2. The molecule has 5 aromatic rings. The van der Waals surface area contributed by atoms with E-state index in [0.717, 1.165) is 24.0 Å². The van der Waals surface area contributed by atoms with Crippen molar-refractivity contribution in [1.29, 1.82) is 0 Å². The summed E-state index contributed by atoms with van der Waals surface area (Å²) in [5.41, 5.74) is 2.56. The summed E-state index contributed by atoms with van der Waals surface area (Å²) in [6.07, 6.45) is 2.96. The fourth-order valence-electron chi connectivity index (χ4n) is 4.40. The number of amides is 1. The number of rotatable bonds is 4. The van der Waals surface area contributed by atoms with E-state index in [1.54, 1.807) is 29.0 Å². The Bertz CT molecular complexity index is 1550. The third-order valence-corrected chi connectivity index (χ3v) is 6.27. The maximum Gasteiger partial charge on any atom is 0.227 e. The highest BCUT2D eigenvalue weighted by molar-refractivity contribution is 5.95. The van der Waals surface area contributed by atoms with Gasteiger partial charge in [0.05, 0.1) is 16.6 Å². The molecular formula is C24H20F2N8O. The number of benzene rings is 2. The van der Waals surface area contributed by atoms with Crippen molar-refractivity contribution in [3.63, 3.8) is 0 Å². The molecule has 2 N–H and O–H groups in total. The molecular weight excluding hydrogens is 454 g/mol. The number of aromatic nitrogens is 6. The van der Waals surface area contributed by atoms with Gasteiger partial charge in [0.1, 0.15) is 29.6 Å². The number of H-pyrrole nitrogens is 1. The van der Waals surface area contributed by atoms with Crippen LogP contribution in [0.1, 0.15) is 12.8 Å². The van der Waals surface area contributed by atoms with E-state index < -0.39 is 11.6 Å². The number of hydrogen-bond donors (Lipinski definition) is 2. The zero-order valence-electron chi connectivity index (χ0n) is 18.4. The molecule has 1 amide bonds. The van der Waals surface area contributed by atoms with Crippen molar-refractivity contribution in [3.8, 4) is 11.4 Å². The van der Waals surface area contributed by atoms with Gasteiger partial charge in [-0.05, 0) is 61.4 Å². The van der Waals surface area contributed by atoms with Crippen LogP contribution in [0.4, 0.5) is 20.3 Å². The standard InChI is InChI=1S/C24H20F2N8O/c25-15-1-3-18(26)17(11-15)23-29-19-4-2-16(12-20(19)30-23)28-24(35)14-7-9-33(10-8-14)22-6-5-21-31-27-13-34(21)32-22/h1-6,11-14H,7-10H2,(H,28,35)(H,29,30). The maximum absolute atomic E-state index is 14.1. The molecule has 11 heteroatoms. The lowest BCUT2D eigenvalue weighted by Crippen LogP contribution is -2.38. The molecule has 35 heavy (non-hydrogen) atoms. The molecule has 0 spiro atoms. The summed E-state index contributed by atoms with van der Waals surface area (Å²) in [5.74, 6) is -0.239. The van der Waals surface area contributed by atoms with Gasteiger partial charge >= 0.3 is 0 Å². The highest BCUT2D eigenvalue weighted by Crippen LogP contribution is 2.27. The molecule has 176 valence electrons. The second kappa shape index (κ2) is 8.42. The molecule has 9 nitrogen and oxygen atoms in total. The number of carbonyl (C=O) groups excluding carboxylic acids is 1. The average Bonchev–Trinajstić information content (AvgIpc) is 3.51. The number of fused-ring (bicyclic) bond motifs is 2. The fraction of sp³-hybridized carbons (Fsp3) is 0.208. The third kappa shape index (κ3) is 4.05. The van der Waals surface area contributed by atoms with E-state index in [2.05, 4.69) is 35.5 Å². The summed E-state index contributed by atoms with van der Waals surface area (Å²) in [6.45, 7) is 1.42. The lowest BCUT2D eigenvalue weighted by atomic mass is 9.96. The third-order valence-electron chi connectivity index (χ3n) is 6.27. The molecule has 1 saturated heterocycles. The van der Waals surface area contributed by atoms with E-state index >= 15 is 0 Å². The van der Waals surface area contributed by atoms with Crippen LogP contribution in [0, 0.1) is 17.6 Å². The summed E-state index contributed by atoms with van der Waals surface area (Å²) in [5, 5.41) is 15.3. The Morgan fingerprint density at radius 1 is 1.06 bits per heavy atom. The summed E-state index contributed by atoms with van der Waals surface area (Å²) in [6, 6.07) is 12.2. The van der Waals surface area contributed by atoms with Crippen molar-refractivity contribution in [2.75, 3.05) is 23.3 Å². The minimum absolute atomic E-state index is 0.0523. The van der Waals surface area contributed by atoms with Gasteiger partial charge in [-0.1, -0.05) is 0 Å². The molecule has 2 aromatic carbocycles. The van der Waals surface area contributed by atoms with Gasteiger partial charge in [0.15, 0.2) is 5.65 Å². The van der Waals surface area contributed by atoms with Crippen molar-refractivity contribution in [1.82, 2.24) is 29.8 Å². The molecule has 6 rings (SSSR count).